The molecule has 2 unspecified atom stereocenters. The van der Waals surface area contributed by atoms with E-state index in [2.05, 4.69) is 5.32 Å². The highest BCUT2D eigenvalue weighted by molar-refractivity contribution is 5.98. The molecule has 3 rings (SSSR count). The van der Waals surface area contributed by atoms with E-state index in [9.17, 15) is 14.7 Å². The molecule has 5 nitrogen and oxygen atoms in total. The van der Waals surface area contributed by atoms with Gasteiger partial charge in [-0.15, -0.1) is 0 Å². The van der Waals surface area contributed by atoms with E-state index in [0.717, 1.165) is 11.1 Å². The number of carbonyl (C=O) groups is 2. The molecule has 1 saturated heterocycles. The summed E-state index contributed by atoms with van der Waals surface area (Å²) < 4.78 is 0. The molecule has 0 radical (unpaired) electrons. The fourth-order valence-electron chi connectivity index (χ4n) is 2.80. The van der Waals surface area contributed by atoms with Gasteiger partial charge in [-0.1, -0.05) is 17.7 Å². The van der Waals surface area contributed by atoms with Crippen molar-refractivity contribution in [2.45, 2.75) is 38.6 Å². The fraction of sp³-hybridized carbons (Fsp3) is 0.429. The third-order valence-electron chi connectivity index (χ3n) is 3.84. The molecule has 2 aliphatic rings. The highest BCUT2D eigenvalue weighted by atomic mass is 16.3. The van der Waals surface area contributed by atoms with Crippen molar-refractivity contribution in [3.8, 4) is 0 Å². The van der Waals surface area contributed by atoms with Crippen LogP contribution in [-0.2, 0) is 11.3 Å². The molecule has 1 aromatic carbocycles. The number of hydrogen-bond acceptors (Lipinski definition) is 3. The zero-order valence-electron chi connectivity index (χ0n) is 10.7. The normalized spacial score (nSPS) is 26.3. The van der Waals surface area contributed by atoms with E-state index in [1.807, 2.05) is 25.1 Å². The summed E-state index contributed by atoms with van der Waals surface area (Å²) in [6, 6.07) is 5.48. The maximum atomic E-state index is 12.4. The Bertz CT molecular complexity index is 556. The van der Waals surface area contributed by atoms with Crippen LogP contribution in [0.3, 0.4) is 0 Å². The summed E-state index contributed by atoms with van der Waals surface area (Å²) in [5, 5.41) is 12.4. The third-order valence-corrected chi connectivity index (χ3v) is 3.84. The summed E-state index contributed by atoms with van der Waals surface area (Å²) in [6.07, 6.45) is -0.118. The first kappa shape index (κ1) is 12.2. The molecule has 2 amide bonds. The monoisotopic (exact) mass is 260 g/mol. The standard InChI is InChI=1S/C14H16N2O3/c1-8-2-3-9-7-16(14(19)10(9)6-8)11-4-5-12(17)15-13(11)18/h2-3,6,11,13,18H,4-5,7H2,1H3,(H,15,17). The van der Waals surface area contributed by atoms with Gasteiger partial charge in [0.15, 0.2) is 0 Å². The van der Waals surface area contributed by atoms with E-state index < -0.39 is 6.23 Å². The molecular formula is C14H16N2O3. The van der Waals surface area contributed by atoms with Crippen LogP contribution < -0.4 is 5.32 Å². The topological polar surface area (TPSA) is 69.6 Å². The summed E-state index contributed by atoms with van der Waals surface area (Å²) in [5.74, 6) is -0.220. The minimum absolute atomic E-state index is 0.0566. The number of piperidine rings is 1. The number of aliphatic hydroxyl groups is 1. The lowest BCUT2D eigenvalue weighted by Crippen LogP contribution is -2.55. The molecule has 0 bridgehead atoms. The Kier molecular flexibility index (Phi) is 2.78. The van der Waals surface area contributed by atoms with Crippen molar-refractivity contribution in [2.24, 2.45) is 0 Å². The van der Waals surface area contributed by atoms with Crippen molar-refractivity contribution < 1.29 is 14.7 Å². The molecule has 100 valence electrons. The van der Waals surface area contributed by atoms with Crippen molar-refractivity contribution in [1.82, 2.24) is 10.2 Å². The van der Waals surface area contributed by atoms with E-state index in [-0.39, 0.29) is 17.9 Å². The minimum Gasteiger partial charge on any atom is -0.372 e. The third kappa shape index (κ3) is 2.00. The van der Waals surface area contributed by atoms with Gasteiger partial charge in [0.2, 0.25) is 5.91 Å². The number of nitrogens with one attached hydrogen (secondary N) is 1. The zero-order valence-corrected chi connectivity index (χ0v) is 10.7. The molecule has 19 heavy (non-hydrogen) atoms. The molecule has 2 heterocycles. The summed E-state index contributed by atoms with van der Waals surface area (Å²) in [4.78, 5) is 25.2. The zero-order chi connectivity index (χ0) is 13.6. The summed E-state index contributed by atoms with van der Waals surface area (Å²) >= 11 is 0. The Morgan fingerprint density at radius 2 is 2.16 bits per heavy atom. The lowest BCUT2D eigenvalue weighted by atomic mass is 10.0. The second-order valence-electron chi connectivity index (χ2n) is 5.21. The largest absolute Gasteiger partial charge is 0.372 e. The number of amides is 2. The number of benzene rings is 1. The van der Waals surface area contributed by atoms with Crippen LogP contribution in [0, 0.1) is 6.92 Å². The van der Waals surface area contributed by atoms with Crippen molar-refractivity contribution >= 4 is 11.8 Å². The molecule has 1 fully saturated rings. The van der Waals surface area contributed by atoms with Gasteiger partial charge in [-0.05, 0) is 25.0 Å². The van der Waals surface area contributed by atoms with Crippen LogP contribution in [0.1, 0.15) is 34.3 Å². The first-order valence-corrected chi connectivity index (χ1v) is 6.44. The summed E-state index contributed by atoms with van der Waals surface area (Å²) in [7, 11) is 0. The molecule has 0 aliphatic carbocycles. The Morgan fingerprint density at radius 1 is 1.37 bits per heavy atom. The summed E-state index contributed by atoms with van der Waals surface area (Å²) in [5.41, 5.74) is 2.75. The number of rotatable bonds is 1. The number of nitrogens with zero attached hydrogens (tertiary/aromatic N) is 1. The smallest absolute Gasteiger partial charge is 0.254 e. The van der Waals surface area contributed by atoms with Crippen LogP contribution in [0.15, 0.2) is 18.2 Å². The van der Waals surface area contributed by atoms with Crippen molar-refractivity contribution in [2.75, 3.05) is 0 Å². The lowest BCUT2D eigenvalue weighted by Gasteiger charge is -2.35. The Morgan fingerprint density at radius 3 is 2.89 bits per heavy atom. The highest BCUT2D eigenvalue weighted by Gasteiger charge is 2.38. The maximum absolute atomic E-state index is 12.4. The predicted octanol–water partition coefficient (Wildman–Crippen LogP) is 0.548. The quantitative estimate of drug-likeness (QED) is 0.774. The first-order chi connectivity index (χ1) is 9.06. The van der Waals surface area contributed by atoms with E-state index in [0.29, 0.717) is 24.9 Å². The van der Waals surface area contributed by atoms with Gasteiger partial charge in [0.25, 0.3) is 5.91 Å². The SMILES string of the molecule is Cc1ccc2c(c1)C(=O)N(C1CCC(=O)NC1O)C2. The fourth-order valence-corrected chi connectivity index (χ4v) is 2.80. The van der Waals surface area contributed by atoms with Crippen LogP contribution >= 0.6 is 0 Å². The van der Waals surface area contributed by atoms with Crippen LogP contribution in [-0.4, -0.2) is 34.1 Å². The average Bonchev–Trinajstić information content (AvgIpc) is 2.67. The van der Waals surface area contributed by atoms with Gasteiger partial charge in [-0.3, -0.25) is 9.59 Å². The van der Waals surface area contributed by atoms with Crippen LogP contribution in [0.2, 0.25) is 0 Å². The number of fused-ring (bicyclic) bond motifs is 1. The van der Waals surface area contributed by atoms with Crippen LogP contribution in [0.5, 0.6) is 0 Å². The highest BCUT2D eigenvalue weighted by Crippen LogP contribution is 2.28. The Labute approximate surface area is 111 Å². The molecule has 2 N–H and O–H groups in total. The van der Waals surface area contributed by atoms with Crippen LogP contribution in [0.4, 0.5) is 0 Å². The van der Waals surface area contributed by atoms with Crippen molar-refractivity contribution in [1.29, 1.82) is 0 Å². The molecule has 0 saturated carbocycles. The minimum atomic E-state index is -0.972. The number of aryl methyl sites for hydroxylation is 1. The van der Waals surface area contributed by atoms with Gasteiger partial charge in [-0.2, -0.15) is 0 Å². The number of carbonyl (C=O) groups excluding carboxylic acids is 2. The maximum Gasteiger partial charge on any atom is 0.254 e. The van der Waals surface area contributed by atoms with Gasteiger partial charge in [-0.25, -0.2) is 0 Å². The molecule has 0 aromatic heterocycles. The van der Waals surface area contributed by atoms with Gasteiger partial charge in [0.1, 0.15) is 6.23 Å². The predicted molar refractivity (Wildman–Crippen MR) is 68.2 cm³/mol. The number of aliphatic hydroxyl groups excluding tert-OH is 1. The Hall–Kier alpha value is -1.88. The molecule has 2 atom stereocenters. The Balaban J connectivity index is 1.85. The lowest BCUT2D eigenvalue weighted by molar-refractivity contribution is -0.129. The van der Waals surface area contributed by atoms with E-state index >= 15 is 0 Å². The van der Waals surface area contributed by atoms with E-state index in [1.165, 1.54) is 0 Å². The second kappa shape index (κ2) is 4.35. The van der Waals surface area contributed by atoms with Crippen molar-refractivity contribution in [3.05, 3.63) is 34.9 Å². The van der Waals surface area contributed by atoms with E-state index in [4.69, 9.17) is 0 Å². The van der Waals surface area contributed by atoms with Crippen molar-refractivity contribution in [3.63, 3.8) is 0 Å². The molecule has 1 aromatic rings. The number of hydrogen-bond donors (Lipinski definition) is 2. The molecule has 5 heteroatoms. The van der Waals surface area contributed by atoms with E-state index in [1.54, 1.807) is 4.90 Å². The van der Waals surface area contributed by atoms with Gasteiger partial charge >= 0.3 is 0 Å². The molecular weight excluding hydrogens is 244 g/mol. The molecule has 2 aliphatic heterocycles. The second-order valence-corrected chi connectivity index (χ2v) is 5.21. The van der Waals surface area contributed by atoms with Crippen LogP contribution in [0.25, 0.3) is 0 Å². The molecule has 0 spiro atoms. The van der Waals surface area contributed by atoms with Gasteiger partial charge < -0.3 is 15.3 Å². The first-order valence-electron chi connectivity index (χ1n) is 6.44. The summed E-state index contributed by atoms with van der Waals surface area (Å²) in [6.45, 7) is 2.46. The van der Waals surface area contributed by atoms with Gasteiger partial charge in [0.05, 0.1) is 6.04 Å². The average molecular weight is 260 g/mol. The van der Waals surface area contributed by atoms with Gasteiger partial charge in [0, 0.05) is 18.5 Å².